The molecule has 1 aliphatic rings. The fourth-order valence-corrected chi connectivity index (χ4v) is 3.51. The summed E-state index contributed by atoms with van der Waals surface area (Å²) in [7, 11) is 0. The molecule has 4 nitrogen and oxygen atoms in total. The summed E-state index contributed by atoms with van der Waals surface area (Å²) in [6.07, 6.45) is 5.83. The van der Waals surface area contributed by atoms with Crippen LogP contribution in [-0.4, -0.2) is 17.9 Å². The molecule has 1 fully saturated rings. The standard InChI is InChI=1S/C15H29NO.C3H7NO.2ClH.Ti/c1-6-14(17)16-13-8-7-9-15(10-13,11(2)3)12(4)5;1-2-3(4)5;;;/h11-13H,6-10H2,1-5H3,(H,16,17);2H2,1H3,(H2,4,5);2*1H;/q;;;;+3/p-3. The summed E-state index contributed by atoms with van der Waals surface area (Å²) in [6.45, 7) is 12.9. The van der Waals surface area contributed by atoms with Crippen LogP contribution in [0.3, 0.4) is 0 Å². The van der Waals surface area contributed by atoms with E-state index >= 15 is 0 Å². The summed E-state index contributed by atoms with van der Waals surface area (Å²) >= 11 is 0. The van der Waals surface area contributed by atoms with Gasteiger partial charge in [0.05, 0.1) is 0 Å². The van der Waals surface area contributed by atoms with Gasteiger partial charge in [-0.15, -0.1) is 0 Å². The average molecular weight is 430 g/mol. The quantitative estimate of drug-likeness (QED) is 0.553. The summed E-state index contributed by atoms with van der Waals surface area (Å²) in [4.78, 5) is 21.0. The van der Waals surface area contributed by atoms with Crippen molar-refractivity contribution in [3.63, 3.8) is 0 Å². The van der Waals surface area contributed by atoms with E-state index in [0.717, 1.165) is 12.8 Å². The van der Waals surface area contributed by atoms with Crippen LogP contribution in [0.5, 0.6) is 0 Å². The minimum absolute atomic E-state index is 0. The van der Waals surface area contributed by atoms with Crippen LogP contribution in [0.15, 0.2) is 0 Å². The second-order valence-electron chi connectivity index (χ2n) is 7.03. The first-order chi connectivity index (χ1) is 10.2. The first-order valence-electron chi connectivity index (χ1n) is 8.73. The molecule has 1 radical (unpaired) electrons. The molecular formula is C18H35Cl2N2O2Ti. The molecule has 0 heterocycles. The molecule has 1 atom stereocenters. The molecule has 0 saturated heterocycles. The molecule has 0 bridgehead atoms. The number of carbonyl (C=O) groups excluding carboxylic acids is 2. The van der Waals surface area contributed by atoms with Crippen LogP contribution in [0.1, 0.15) is 80.1 Å². The predicted octanol–water partition coefficient (Wildman–Crippen LogP) is -1.27. The summed E-state index contributed by atoms with van der Waals surface area (Å²) in [6, 6.07) is 0.404. The smallest absolute Gasteiger partial charge is 1.00 e. The Morgan fingerprint density at radius 2 is 1.52 bits per heavy atom. The minimum atomic E-state index is -0.495. The van der Waals surface area contributed by atoms with E-state index in [4.69, 9.17) is 5.73 Å². The zero-order valence-corrected chi connectivity index (χ0v) is 19.6. The van der Waals surface area contributed by atoms with Crippen molar-refractivity contribution in [2.75, 3.05) is 0 Å². The van der Waals surface area contributed by atoms with Gasteiger partial charge in [0.2, 0.25) is 5.91 Å². The molecule has 0 aromatic carbocycles. The molecule has 147 valence electrons. The first kappa shape index (κ1) is 32.9. The van der Waals surface area contributed by atoms with Crippen LogP contribution in [0.25, 0.3) is 5.73 Å². The molecule has 1 aliphatic carbocycles. The maximum absolute atomic E-state index is 11.5. The summed E-state index contributed by atoms with van der Waals surface area (Å²) in [5, 5.41) is 3.19. The van der Waals surface area contributed by atoms with E-state index in [1.54, 1.807) is 6.92 Å². The number of halogens is 2. The third-order valence-corrected chi connectivity index (χ3v) is 5.13. The summed E-state index contributed by atoms with van der Waals surface area (Å²) < 4.78 is 0. The Bertz CT molecular complexity index is 359. The molecule has 0 aromatic rings. The normalized spacial score (nSPS) is 17.8. The topological polar surface area (TPSA) is 70.0 Å². The van der Waals surface area contributed by atoms with Crippen LogP contribution in [0.4, 0.5) is 0 Å². The molecule has 0 spiro atoms. The average Bonchev–Trinajstić information content (AvgIpc) is 2.47. The van der Waals surface area contributed by atoms with Gasteiger partial charge < -0.3 is 40.7 Å². The number of amides is 2. The number of hydrogen-bond donors (Lipinski definition) is 1. The Hall–Kier alpha value is 0.234. The Labute approximate surface area is 181 Å². The van der Waals surface area contributed by atoms with E-state index in [0.29, 0.717) is 36.1 Å². The van der Waals surface area contributed by atoms with Gasteiger partial charge in [-0.05, 0) is 42.9 Å². The molecule has 2 amide bonds. The van der Waals surface area contributed by atoms with E-state index in [2.05, 4.69) is 33.0 Å². The molecule has 2 N–H and O–H groups in total. The summed E-state index contributed by atoms with van der Waals surface area (Å²) in [5.74, 6) is 1.11. The van der Waals surface area contributed by atoms with Gasteiger partial charge in [0, 0.05) is 18.4 Å². The van der Waals surface area contributed by atoms with Crippen molar-refractivity contribution in [3.8, 4) is 0 Å². The second kappa shape index (κ2) is 16.4. The third kappa shape index (κ3) is 11.5. The fraction of sp³-hybridized carbons (Fsp3) is 0.889. The molecule has 1 rings (SSSR count). The molecular weight excluding hydrogens is 395 g/mol. The van der Waals surface area contributed by atoms with Gasteiger partial charge in [-0.3, -0.25) is 4.79 Å². The monoisotopic (exact) mass is 429 g/mol. The van der Waals surface area contributed by atoms with Crippen molar-refractivity contribution >= 4 is 11.8 Å². The van der Waals surface area contributed by atoms with Crippen molar-refractivity contribution in [2.45, 2.75) is 86.1 Å². The van der Waals surface area contributed by atoms with Crippen LogP contribution in [0, 0.1) is 17.3 Å². The van der Waals surface area contributed by atoms with E-state index in [9.17, 15) is 9.59 Å². The van der Waals surface area contributed by atoms with Crippen LogP contribution in [-0.2, 0) is 31.3 Å². The van der Waals surface area contributed by atoms with E-state index in [1.165, 1.54) is 12.8 Å². The zero-order valence-electron chi connectivity index (χ0n) is 16.5. The molecule has 7 heteroatoms. The first-order valence-corrected chi connectivity index (χ1v) is 8.73. The van der Waals surface area contributed by atoms with Crippen molar-refractivity contribution in [2.24, 2.45) is 17.3 Å². The van der Waals surface area contributed by atoms with Gasteiger partial charge in [0.1, 0.15) is 0 Å². The zero-order chi connectivity index (χ0) is 17.3. The van der Waals surface area contributed by atoms with Crippen molar-refractivity contribution in [1.82, 2.24) is 5.32 Å². The van der Waals surface area contributed by atoms with Crippen LogP contribution in [0.2, 0.25) is 0 Å². The van der Waals surface area contributed by atoms with Gasteiger partial charge in [-0.25, -0.2) is 0 Å². The Morgan fingerprint density at radius 1 is 1.08 bits per heavy atom. The predicted molar refractivity (Wildman–Crippen MR) is 92.4 cm³/mol. The Balaban J connectivity index is -0.000000244. The van der Waals surface area contributed by atoms with Crippen LogP contribution < -0.4 is 30.1 Å². The maximum atomic E-state index is 11.5. The Kier molecular flexibility index (Phi) is 21.6. The van der Waals surface area contributed by atoms with Gasteiger partial charge in [-0.2, -0.15) is 0 Å². The fourth-order valence-electron chi connectivity index (χ4n) is 3.51. The number of rotatable bonds is 5. The van der Waals surface area contributed by atoms with Crippen LogP contribution >= 0.6 is 0 Å². The second-order valence-corrected chi connectivity index (χ2v) is 7.03. The van der Waals surface area contributed by atoms with Gasteiger partial charge >= 0.3 is 21.7 Å². The third-order valence-electron chi connectivity index (χ3n) is 5.13. The number of nitrogens with one attached hydrogen (secondary N) is 2. The number of hydrogen-bond acceptors (Lipinski definition) is 2. The van der Waals surface area contributed by atoms with Crippen molar-refractivity contribution in [3.05, 3.63) is 5.73 Å². The molecule has 0 aliphatic heterocycles. The SMILES string of the molecule is CCC(=O)NC1CCCC(C(C)C)(C(C)C)C1.CCC([NH-])=O.[Cl-].[Cl-].[Ti+3]. The summed E-state index contributed by atoms with van der Waals surface area (Å²) in [5.41, 5.74) is 6.61. The molecule has 0 aromatic heterocycles. The maximum Gasteiger partial charge on any atom is 3.00 e. The molecule has 1 unspecified atom stereocenters. The van der Waals surface area contributed by atoms with Gasteiger partial charge in [0.15, 0.2) is 0 Å². The molecule has 1 saturated carbocycles. The van der Waals surface area contributed by atoms with Gasteiger partial charge in [0.25, 0.3) is 0 Å². The molecule has 25 heavy (non-hydrogen) atoms. The van der Waals surface area contributed by atoms with Gasteiger partial charge in [-0.1, -0.05) is 48.0 Å². The minimum Gasteiger partial charge on any atom is -1.00 e. The van der Waals surface area contributed by atoms with Crippen molar-refractivity contribution < 1.29 is 56.1 Å². The van der Waals surface area contributed by atoms with E-state index in [-0.39, 0.29) is 52.4 Å². The van der Waals surface area contributed by atoms with E-state index in [1.807, 2.05) is 6.92 Å². The Morgan fingerprint density at radius 3 is 1.84 bits per heavy atom. The van der Waals surface area contributed by atoms with Crippen molar-refractivity contribution in [1.29, 1.82) is 0 Å². The largest absolute Gasteiger partial charge is 3.00 e. The number of carbonyl (C=O) groups is 2. The van der Waals surface area contributed by atoms with E-state index < -0.39 is 5.91 Å².